The number of amides is 1. The minimum absolute atomic E-state index is 0.266. The van der Waals surface area contributed by atoms with Crippen molar-refractivity contribution in [2.24, 2.45) is 5.10 Å². The minimum atomic E-state index is -0.535. The maximum atomic E-state index is 12.4. The van der Waals surface area contributed by atoms with Crippen molar-refractivity contribution in [1.82, 2.24) is 5.43 Å². The first-order valence-electron chi connectivity index (χ1n) is 10.4. The van der Waals surface area contributed by atoms with Crippen LogP contribution in [0, 0.1) is 0 Å². The van der Waals surface area contributed by atoms with Gasteiger partial charge in [0.25, 0.3) is 5.91 Å². The van der Waals surface area contributed by atoms with Crippen molar-refractivity contribution < 1.29 is 23.8 Å². The molecular weight excluding hydrogens is 456 g/mol. The molecule has 0 radical (unpaired) electrons. The lowest BCUT2D eigenvalue weighted by atomic mass is 10.2. The number of nitrogens with zero attached hydrogens (tertiary/aromatic N) is 1. The lowest BCUT2D eigenvalue weighted by Gasteiger charge is -2.11. The third kappa shape index (κ3) is 6.95. The van der Waals surface area contributed by atoms with E-state index in [1.54, 1.807) is 72.8 Å². The van der Waals surface area contributed by atoms with Crippen molar-refractivity contribution in [3.8, 4) is 17.2 Å². The second-order valence-corrected chi connectivity index (χ2v) is 7.30. The first-order valence-corrected chi connectivity index (χ1v) is 10.8. The van der Waals surface area contributed by atoms with Gasteiger partial charge in [0, 0.05) is 10.6 Å². The molecule has 3 aromatic carbocycles. The van der Waals surface area contributed by atoms with Crippen LogP contribution in [0.2, 0.25) is 5.02 Å². The molecule has 34 heavy (non-hydrogen) atoms. The van der Waals surface area contributed by atoms with E-state index in [0.717, 1.165) is 0 Å². The molecular formula is C26H23ClN2O5. The van der Waals surface area contributed by atoms with Crippen LogP contribution in [0.4, 0.5) is 0 Å². The summed E-state index contributed by atoms with van der Waals surface area (Å²) in [6.45, 7) is 6.17. The molecule has 3 aromatic rings. The highest BCUT2D eigenvalue weighted by Crippen LogP contribution is 2.29. The van der Waals surface area contributed by atoms with Gasteiger partial charge in [-0.15, -0.1) is 0 Å². The van der Waals surface area contributed by atoms with Crippen LogP contribution >= 0.6 is 11.6 Å². The number of ether oxygens (including phenoxy) is 3. The normalized spacial score (nSPS) is 10.5. The van der Waals surface area contributed by atoms with Gasteiger partial charge < -0.3 is 14.2 Å². The molecule has 0 fully saturated rings. The number of halogens is 1. The van der Waals surface area contributed by atoms with Gasteiger partial charge in [-0.2, -0.15) is 5.10 Å². The predicted molar refractivity (Wildman–Crippen MR) is 131 cm³/mol. The fourth-order valence-corrected chi connectivity index (χ4v) is 2.92. The quantitative estimate of drug-likeness (QED) is 0.141. The number of carbonyl (C=O) groups excluding carboxylic acids is 2. The topological polar surface area (TPSA) is 86.2 Å². The zero-order chi connectivity index (χ0) is 24.3. The van der Waals surface area contributed by atoms with Gasteiger partial charge in [0.15, 0.2) is 11.5 Å². The fraction of sp³-hybridized carbons (Fsp3) is 0.115. The van der Waals surface area contributed by atoms with Crippen molar-refractivity contribution in [1.29, 1.82) is 0 Å². The summed E-state index contributed by atoms with van der Waals surface area (Å²) in [6.07, 6.45) is 3.11. The highest BCUT2D eigenvalue weighted by Gasteiger charge is 2.13. The number of benzene rings is 3. The number of hydrazone groups is 1. The monoisotopic (exact) mass is 478 g/mol. The van der Waals surface area contributed by atoms with Gasteiger partial charge in [0.1, 0.15) is 12.4 Å². The average molecular weight is 479 g/mol. The van der Waals surface area contributed by atoms with Crippen LogP contribution in [0.25, 0.3) is 0 Å². The zero-order valence-electron chi connectivity index (χ0n) is 18.5. The summed E-state index contributed by atoms with van der Waals surface area (Å²) in [4.78, 5) is 24.7. The van der Waals surface area contributed by atoms with Gasteiger partial charge in [-0.3, -0.25) is 4.79 Å². The Labute approximate surface area is 202 Å². The lowest BCUT2D eigenvalue weighted by molar-refractivity contribution is 0.0728. The van der Waals surface area contributed by atoms with Gasteiger partial charge in [-0.25, -0.2) is 10.2 Å². The Balaban J connectivity index is 1.64. The SMILES string of the molecule is C=CCOc1ccc(C(=O)N/N=C\c2ccc(OC(=O)c3ccc(Cl)cc3)c(OCC)c2)cc1. The second kappa shape index (κ2) is 12.2. The third-order valence-electron chi connectivity index (χ3n) is 4.41. The molecule has 8 heteroatoms. The van der Waals surface area contributed by atoms with Gasteiger partial charge in [0.2, 0.25) is 0 Å². The Hall–Kier alpha value is -4.10. The summed E-state index contributed by atoms with van der Waals surface area (Å²) in [5.41, 5.74) is 3.91. The Morgan fingerprint density at radius 2 is 1.68 bits per heavy atom. The minimum Gasteiger partial charge on any atom is -0.490 e. The number of hydrogen-bond donors (Lipinski definition) is 1. The van der Waals surface area contributed by atoms with E-state index in [2.05, 4.69) is 17.1 Å². The first kappa shape index (κ1) is 24.5. The van der Waals surface area contributed by atoms with E-state index in [9.17, 15) is 9.59 Å². The highest BCUT2D eigenvalue weighted by atomic mass is 35.5. The second-order valence-electron chi connectivity index (χ2n) is 6.86. The molecule has 7 nitrogen and oxygen atoms in total. The van der Waals surface area contributed by atoms with Crippen LogP contribution < -0.4 is 19.6 Å². The van der Waals surface area contributed by atoms with E-state index >= 15 is 0 Å². The maximum absolute atomic E-state index is 12.4. The number of rotatable bonds is 10. The van der Waals surface area contributed by atoms with E-state index in [-0.39, 0.29) is 11.7 Å². The van der Waals surface area contributed by atoms with Crippen LogP contribution in [0.15, 0.2) is 84.5 Å². The Kier molecular flexibility index (Phi) is 8.82. The highest BCUT2D eigenvalue weighted by molar-refractivity contribution is 6.30. The number of esters is 1. The van der Waals surface area contributed by atoms with Gasteiger partial charge >= 0.3 is 5.97 Å². The summed E-state index contributed by atoms with van der Waals surface area (Å²) in [7, 11) is 0. The van der Waals surface area contributed by atoms with E-state index in [1.807, 2.05) is 6.92 Å². The molecule has 3 rings (SSSR count). The molecule has 0 atom stereocenters. The van der Waals surface area contributed by atoms with E-state index < -0.39 is 5.97 Å². The predicted octanol–water partition coefficient (Wildman–Crippen LogP) is 5.29. The van der Waals surface area contributed by atoms with Crippen molar-refractivity contribution in [2.75, 3.05) is 13.2 Å². The summed E-state index contributed by atoms with van der Waals surface area (Å²) < 4.78 is 16.5. The van der Waals surface area contributed by atoms with Crippen LogP contribution in [0.1, 0.15) is 33.2 Å². The van der Waals surface area contributed by atoms with Crippen LogP contribution in [0.5, 0.6) is 17.2 Å². The molecule has 0 aromatic heterocycles. The number of hydrogen-bond acceptors (Lipinski definition) is 6. The number of nitrogens with one attached hydrogen (secondary N) is 1. The summed E-state index contributed by atoms with van der Waals surface area (Å²) >= 11 is 5.86. The molecule has 0 spiro atoms. The summed E-state index contributed by atoms with van der Waals surface area (Å²) in [5, 5.41) is 4.52. The Morgan fingerprint density at radius 1 is 0.971 bits per heavy atom. The summed E-state index contributed by atoms with van der Waals surface area (Å²) in [5.74, 6) is 0.370. The molecule has 0 aliphatic carbocycles. The van der Waals surface area contributed by atoms with Crippen molar-refractivity contribution >= 4 is 29.7 Å². The molecule has 0 aliphatic rings. The number of carbonyl (C=O) groups is 2. The van der Waals surface area contributed by atoms with Crippen molar-refractivity contribution in [2.45, 2.75) is 6.92 Å². The smallest absolute Gasteiger partial charge is 0.343 e. The standard InChI is InChI=1S/C26H23ClN2O5/c1-3-15-33-22-12-8-19(9-13-22)25(30)29-28-17-18-5-14-23(24(16-18)32-4-2)34-26(31)20-6-10-21(27)11-7-20/h3,5-14,16-17H,1,4,15H2,2H3,(H,29,30)/b28-17-. The van der Waals surface area contributed by atoms with Gasteiger partial charge in [-0.05, 0) is 79.2 Å². The van der Waals surface area contributed by atoms with Crippen LogP contribution in [0.3, 0.4) is 0 Å². The maximum Gasteiger partial charge on any atom is 0.343 e. The van der Waals surface area contributed by atoms with Crippen LogP contribution in [-0.4, -0.2) is 31.3 Å². The van der Waals surface area contributed by atoms with Gasteiger partial charge in [0.05, 0.1) is 18.4 Å². The van der Waals surface area contributed by atoms with E-state index in [4.69, 9.17) is 25.8 Å². The molecule has 0 unspecified atom stereocenters. The first-order chi connectivity index (χ1) is 16.5. The lowest BCUT2D eigenvalue weighted by Crippen LogP contribution is -2.17. The van der Waals surface area contributed by atoms with E-state index in [1.165, 1.54) is 6.21 Å². The fourth-order valence-electron chi connectivity index (χ4n) is 2.79. The molecule has 0 heterocycles. The molecule has 0 saturated heterocycles. The Morgan fingerprint density at radius 3 is 2.35 bits per heavy atom. The molecule has 0 bridgehead atoms. The molecule has 0 saturated carbocycles. The molecule has 1 amide bonds. The molecule has 0 aliphatic heterocycles. The van der Waals surface area contributed by atoms with E-state index in [0.29, 0.717) is 46.4 Å². The summed E-state index contributed by atoms with van der Waals surface area (Å²) in [6, 6.07) is 18.0. The van der Waals surface area contributed by atoms with Crippen molar-refractivity contribution in [3.05, 3.63) is 101 Å². The average Bonchev–Trinajstić information content (AvgIpc) is 2.85. The van der Waals surface area contributed by atoms with Crippen molar-refractivity contribution in [3.63, 3.8) is 0 Å². The Bertz CT molecular complexity index is 1170. The molecule has 174 valence electrons. The van der Waals surface area contributed by atoms with Crippen LogP contribution in [-0.2, 0) is 0 Å². The zero-order valence-corrected chi connectivity index (χ0v) is 19.2. The third-order valence-corrected chi connectivity index (χ3v) is 4.67. The molecule has 1 N–H and O–H groups in total. The van der Waals surface area contributed by atoms with Gasteiger partial charge in [-0.1, -0.05) is 24.3 Å². The largest absolute Gasteiger partial charge is 0.490 e.